The molecule has 0 aliphatic carbocycles. The second-order valence-corrected chi connectivity index (χ2v) is 19.2. The molecule has 0 bridgehead atoms. The minimum atomic E-state index is -0.787. The fourth-order valence-corrected chi connectivity index (χ4v) is 8.19. The predicted octanol–water partition coefficient (Wildman–Crippen LogP) is 19.2. The molecule has 0 spiro atoms. The van der Waals surface area contributed by atoms with Gasteiger partial charge in [0.15, 0.2) is 6.10 Å². The Labute approximate surface area is 415 Å². The summed E-state index contributed by atoms with van der Waals surface area (Å²) in [6, 6.07) is 0. The van der Waals surface area contributed by atoms with Crippen molar-refractivity contribution in [1.29, 1.82) is 0 Å². The Morgan fingerprint density at radius 1 is 0.313 bits per heavy atom. The molecule has 0 N–H and O–H groups in total. The highest BCUT2D eigenvalue weighted by atomic mass is 16.6. The molecule has 0 aromatic rings. The maximum Gasteiger partial charge on any atom is 0.306 e. The third kappa shape index (κ3) is 53.9. The van der Waals surface area contributed by atoms with Crippen molar-refractivity contribution in [2.75, 3.05) is 13.2 Å². The number of allylic oxidation sites excluding steroid dienone is 10. The normalized spacial score (nSPS) is 12.5. The fourth-order valence-electron chi connectivity index (χ4n) is 8.19. The summed E-state index contributed by atoms with van der Waals surface area (Å²) < 4.78 is 16.9. The summed E-state index contributed by atoms with van der Waals surface area (Å²) in [4.78, 5) is 38.1. The second kappa shape index (κ2) is 55.7. The van der Waals surface area contributed by atoms with Crippen molar-refractivity contribution in [3.8, 4) is 0 Å². The van der Waals surface area contributed by atoms with E-state index in [2.05, 4.69) is 81.5 Å². The standard InChI is InChI=1S/C61H108O6/c1-4-7-10-13-16-19-22-25-28-29-30-31-34-36-39-42-45-48-51-54-60(63)66-57-58(67-61(64)55-52-49-46-43-40-37-33-27-24-21-18-15-12-9-6-3)56-65-59(62)53-50-47-44-41-38-35-32-26-23-20-17-14-11-8-5-2/h9,12,17-18,20-21,26-27,32-33,58H,4-8,10-11,13-16,19,22-25,28-31,34-57H2,1-3H3/b12-9+,20-17+,21-18+,32-26+,33-27+/t58-/m1/s1. The van der Waals surface area contributed by atoms with Gasteiger partial charge in [0, 0.05) is 19.3 Å². The van der Waals surface area contributed by atoms with Crippen LogP contribution in [0.15, 0.2) is 60.8 Å². The molecule has 1 atom stereocenters. The number of carbonyl (C=O) groups excluding carboxylic acids is 3. The third-order valence-electron chi connectivity index (χ3n) is 12.5. The third-order valence-corrected chi connectivity index (χ3v) is 12.5. The summed E-state index contributed by atoms with van der Waals surface area (Å²) in [5, 5.41) is 0. The predicted molar refractivity (Wildman–Crippen MR) is 288 cm³/mol. The van der Waals surface area contributed by atoms with Crippen molar-refractivity contribution in [1.82, 2.24) is 0 Å². The SMILES string of the molecule is CC/C=C/C/C=C/C/C=C/CCCCCCCC(=O)O[C@H](COC(=O)CCCCCCC/C=C/C/C=C/CCCCC)COC(=O)CCCCCCCCCCCCCCCCCCCCC. The van der Waals surface area contributed by atoms with E-state index in [0.29, 0.717) is 19.3 Å². The van der Waals surface area contributed by atoms with Gasteiger partial charge in [-0.15, -0.1) is 0 Å². The molecule has 0 heterocycles. The quantitative estimate of drug-likeness (QED) is 0.0262. The van der Waals surface area contributed by atoms with Crippen LogP contribution in [0.2, 0.25) is 0 Å². The van der Waals surface area contributed by atoms with Crippen LogP contribution in [0.25, 0.3) is 0 Å². The lowest BCUT2D eigenvalue weighted by molar-refractivity contribution is -0.167. The Morgan fingerprint density at radius 3 is 0.940 bits per heavy atom. The first kappa shape index (κ1) is 64.1. The minimum Gasteiger partial charge on any atom is -0.462 e. The van der Waals surface area contributed by atoms with Crippen molar-refractivity contribution < 1.29 is 28.6 Å². The molecule has 0 fully saturated rings. The molecule has 0 amide bonds. The number of rotatable bonds is 52. The molecule has 388 valence electrons. The van der Waals surface area contributed by atoms with E-state index in [0.717, 1.165) is 116 Å². The van der Waals surface area contributed by atoms with Crippen LogP contribution in [-0.2, 0) is 28.6 Å². The molecule has 6 nitrogen and oxygen atoms in total. The van der Waals surface area contributed by atoms with E-state index < -0.39 is 6.10 Å². The van der Waals surface area contributed by atoms with E-state index in [1.807, 2.05) is 0 Å². The van der Waals surface area contributed by atoms with Gasteiger partial charge in [-0.05, 0) is 83.5 Å². The molecule has 67 heavy (non-hydrogen) atoms. The van der Waals surface area contributed by atoms with Crippen molar-refractivity contribution in [2.24, 2.45) is 0 Å². The highest BCUT2D eigenvalue weighted by molar-refractivity contribution is 5.71. The molecule has 0 unspecified atom stereocenters. The minimum absolute atomic E-state index is 0.0834. The van der Waals surface area contributed by atoms with Gasteiger partial charge >= 0.3 is 17.9 Å². The van der Waals surface area contributed by atoms with Crippen molar-refractivity contribution in [3.05, 3.63) is 60.8 Å². The smallest absolute Gasteiger partial charge is 0.306 e. The lowest BCUT2D eigenvalue weighted by atomic mass is 10.0. The van der Waals surface area contributed by atoms with Gasteiger partial charge < -0.3 is 14.2 Å². The van der Waals surface area contributed by atoms with Crippen molar-refractivity contribution in [3.63, 3.8) is 0 Å². The van der Waals surface area contributed by atoms with Crippen LogP contribution >= 0.6 is 0 Å². The van der Waals surface area contributed by atoms with Gasteiger partial charge in [0.25, 0.3) is 0 Å². The monoisotopic (exact) mass is 937 g/mol. The van der Waals surface area contributed by atoms with Gasteiger partial charge in [0.1, 0.15) is 13.2 Å². The summed E-state index contributed by atoms with van der Waals surface area (Å²) >= 11 is 0. The number of unbranched alkanes of at least 4 members (excludes halogenated alkanes) is 31. The molecular formula is C61H108O6. The first-order chi connectivity index (χ1) is 33.0. The van der Waals surface area contributed by atoms with Crippen molar-refractivity contribution >= 4 is 17.9 Å². The summed E-state index contributed by atoms with van der Waals surface area (Å²) in [6.07, 6.45) is 69.2. The summed E-state index contributed by atoms with van der Waals surface area (Å²) in [6.45, 7) is 6.51. The van der Waals surface area contributed by atoms with Crippen LogP contribution in [0.3, 0.4) is 0 Å². The molecule has 0 rings (SSSR count). The molecule has 0 aliphatic heterocycles. The molecule has 0 saturated heterocycles. The number of esters is 3. The van der Waals surface area contributed by atoms with Crippen LogP contribution in [-0.4, -0.2) is 37.2 Å². The number of carbonyl (C=O) groups is 3. The molecule has 0 aliphatic rings. The topological polar surface area (TPSA) is 78.9 Å². The highest BCUT2D eigenvalue weighted by Gasteiger charge is 2.19. The molecular weight excluding hydrogens is 829 g/mol. The molecule has 0 radical (unpaired) electrons. The second-order valence-electron chi connectivity index (χ2n) is 19.2. The van der Waals surface area contributed by atoms with E-state index in [-0.39, 0.29) is 31.1 Å². The Bertz CT molecular complexity index is 1210. The van der Waals surface area contributed by atoms with E-state index >= 15 is 0 Å². The molecule has 0 aromatic heterocycles. The average Bonchev–Trinajstić information content (AvgIpc) is 3.33. The number of hydrogen-bond donors (Lipinski definition) is 0. The van der Waals surface area contributed by atoms with Gasteiger partial charge in [-0.1, -0.05) is 248 Å². The largest absolute Gasteiger partial charge is 0.462 e. The van der Waals surface area contributed by atoms with Gasteiger partial charge in [-0.25, -0.2) is 0 Å². The lowest BCUT2D eigenvalue weighted by Gasteiger charge is -2.18. The summed E-state index contributed by atoms with van der Waals surface area (Å²) in [5.74, 6) is -0.903. The maximum absolute atomic E-state index is 12.8. The molecule has 0 saturated carbocycles. The van der Waals surface area contributed by atoms with E-state index in [1.165, 1.54) is 135 Å². The van der Waals surface area contributed by atoms with Crippen LogP contribution < -0.4 is 0 Å². The van der Waals surface area contributed by atoms with E-state index in [9.17, 15) is 14.4 Å². The Kier molecular flexibility index (Phi) is 53.3. The van der Waals surface area contributed by atoms with Crippen LogP contribution in [0.4, 0.5) is 0 Å². The van der Waals surface area contributed by atoms with E-state index in [4.69, 9.17) is 14.2 Å². The Morgan fingerprint density at radius 2 is 0.582 bits per heavy atom. The summed E-state index contributed by atoms with van der Waals surface area (Å²) in [5.41, 5.74) is 0. The van der Waals surface area contributed by atoms with Gasteiger partial charge in [0.05, 0.1) is 0 Å². The maximum atomic E-state index is 12.8. The number of hydrogen-bond acceptors (Lipinski definition) is 6. The summed E-state index contributed by atoms with van der Waals surface area (Å²) in [7, 11) is 0. The zero-order valence-electron chi connectivity index (χ0n) is 44.4. The van der Waals surface area contributed by atoms with E-state index in [1.54, 1.807) is 0 Å². The zero-order chi connectivity index (χ0) is 48.6. The zero-order valence-corrected chi connectivity index (χ0v) is 44.4. The average molecular weight is 938 g/mol. The first-order valence-corrected chi connectivity index (χ1v) is 28.8. The highest BCUT2D eigenvalue weighted by Crippen LogP contribution is 2.16. The van der Waals surface area contributed by atoms with Gasteiger partial charge in [-0.3, -0.25) is 14.4 Å². The molecule has 0 aromatic carbocycles. The Balaban J connectivity index is 4.37. The number of ether oxygens (including phenoxy) is 3. The van der Waals surface area contributed by atoms with Crippen LogP contribution in [0.1, 0.15) is 290 Å². The molecule has 6 heteroatoms. The van der Waals surface area contributed by atoms with Crippen LogP contribution in [0.5, 0.6) is 0 Å². The van der Waals surface area contributed by atoms with Crippen LogP contribution in [0, 0.1) is 0 Å². The lowest BCUT2D eigenvalue weighted by Crippen LogP contribution is -2.30. The van der Waals surface area contributed by atoms with Gasteiger partial charge in [0.2, 0.25) is 0 Å². The Hall–Kier alpha value is -2.89. The fraction of sp³-hybridized carbons (Fsp3) is 0.787. The first-order valence-electron chi connectivity index (χ1n) is 28.8. The van der Waals surface area contributed by atoms with Gasteiger partial charge in [-0.2, -0.15) is 0 Å². The van der Waals surface area contributed by atoms with Crippen molar-refractivity contribution in [2.45, 2.75) is 297 Å².